The van der Waals surface area contributed by atoms with Crippen LogP contribution in [0.3, 0.4) is 0 Å². The van der Waals surface area contributed by atoms with Crippen molar-refractivity contribution in [1.82, 2.24) is 10.2 Å². The van der Waals surface area contributed by atoms with Crippen molar-refractivity contribution >= 4 is 23.7 Å². The largest absolute Gasteiger partial charge is 0.490 e. The number of alkyl halides is 3. The van der Waals surface area contributed by atoms with Crippen molar-refractivity contribution in [2.75, 3.05) is 32.8 Å². The first-order valence-electron chi connectivity index (χ1n) is 6.47. The van der Waals surface area contributed by atoms with E-state index in [4.69, 9.17) is 20.4 Å². The lowest BCUT2D eigenvalue weighted by atomic mass is 10.4. The summed E-state index contributed by atoms with van der Waals surface area (Å²) in [7, 11) is 0. The zero-order valence-corrected chi connectivity index (χ0v) is 12.3. The van der Waals surface area contributed by atoms with E-state index in [9.17, 15) is 27.6 Å². The molecule has 1 rings (SSSR count). The Hall–Kier alpha value is -2.47. The van der Waals surface area contributed by atoms with Crippen LogP contribution >= 0.6 is 0 Å². The van der Waals surface area contributed by atoms with E-state index in [-0.39, 0.29) is 6.54 Å². The third-order valence-corrected chi connectivity index (χ3v) is 2.28. The molecule has 0 radical (unpaired) electrons. The summed E-state index contributed by atoms with van der Waals surface area (Å²) in [6.45, 7) is 1.27. The standard InChI is InChI=1S/C10H15N3O4.C2HF3O2/c11-3-5-17-6-4-12-8(14)7-13-9(15)1-2-10(13)16;3-2(4,5)1(6)7/h1-2H,3-7,11H2,(H,12,14);(H,6,7). The monoisotopic (exact) mass is 355 g/mol. The van der Waals surface area contributed by atoms with Gasteiger partial charge in [-0.05, 0) is 0 Å². The zero-order valence-electron chi connectivity index (χ0n) is 12.3. The van der Waals surface area contributed by atoms with E-state index in [0.717, 1.165) is 17.1 Å². The third kappa shape index (κ3) is 8.85. The summed E-state index contributed by atoms with van der Waals surface area (Å²) >= 11 is 0. The maximum Gasteiger partial charge on any atom is 0.490 e. The third-order valence-electron chi connectivity index (χ3n) is 2.28. The van der Waals surface area contributed by atoms with Crippen LogP contribution < -0.4 is 11.1 Å². The van der Waals surface area contributed by atoms with Crippen molar-refractivity contribution < 1.29 is 42.2 Å². The summed E-state index contributed by atoms with van der Waals surface area (Å²) in [5.74, 6) is -4.09. The molecule has 0 aromatic heterocycles. The molecule has 4 N–H and O–H groups in total. The molecule has 0 saturated carbocycles. The summed E-state index contributed by atoms with van der Waals surface area (Å²) in [5, 5.41) is 9.66. The van der Waals surface area contributed by atoms with E-state index >= 15 is 0 Å². The fourth-order valence-corrected chi connectivity index (χ4v) is 1.23. The number of nitrogens with zero attached hydrogens (tertiary/aromatic N) is 1. The number of ether oxygens (including phenoxy) is 1. The molecule has 12 heteroatoms. The van der Waals surface area contributed by atoms with Crippen LogP contribution in [0.2, 0.25) is 0 Å². The van der Waals surface area contributed by atoms with Gasteiger partial charge < -0.3 is 20.9 Å². The fraction of sp³-hybridized carbons (Fsp3) is 0.500. The van der Waals surface area contributed by atoms with E-state index < -0.39 is 29.9 Å². The van der Waals surface area contributed by atoms with Crippen molar-refractivity contribution in [2.45, 2.75) is 6.18 Å². The molecule has 0 unspecified atom stereocenters. The lowest BCUT2D eigenvalue weighted by Gasteiger charge is -2.13. The molecule has 1 aliphatic rings. The van der Waals surface area contributed by atoms with E-state index in [2.05, 4.69) is 5.32 Å². The number of hydrogen-bond acceptors (Lipinski definition) is 6. The summed E-state index contributed by atoms with van der Waals surface area (Å²) in [6.07, 6.45) is -2.81. The minimum Gasteiger partial charge on any atom is -0.475 e. The molecule has 24 heavy (non-hydrogen) atoms. The highest BCUT2D eigenvalue weighted by molar-refractivity contribution is 6.14. The minimum absolute atomic E-state index is 0.262. The van der Waals surface area contributed by atoms with Crippen molar-refractivity contribution in [3.8, 4) is 0 Å². The van der Waals surface area contributed by atoms with Gasteiger partial charge in [-0.3, -0.25) is 19.3 Å². The topological polar surface area (TPSA) is 139 Å². The molecule has 0 aliphatic carbocycles. The van der Waals surface area contributed by atoms with Gasteiger partial charge in [0.15, 0.2) is 0 Å². The second-order valence-corrected chi connectivity index (χ2v) is 4.15. The molecule has 0 aromatic carbocycles. The Bertz CT molecular complexity index is 489. The van der Waals surface area contributed by atoms with E-state index in [1.165, 1.54) is 0 Å². The normalized spacial score (nSPS) is 13.6. The number of aliphatic carboxylic acids is 1. The number of carboxylic acid groups (broad SMARTS) is 1. The van der Waals surface area contributed by atoms with Crippen molar-refractivity contribution in [1.29, 1.82) is 0 Å². The quantitative estimate of drug-likeness (QED) is 0.378. The summed E-state index contributed by atoms with van der Waals surface area (Å²) in [4.78, 5) is 43.4. The van der Waals surface area contributed by atoms with E-state index in [1.54, 1.807) is 0 Å². The highest BCUT2D eigenvalue weighted by atomic mass is 19.4. The van der Waals surface area contributed by atoms with Crippen molar-refractivity contribution in [3.63, 3.8) is 0 Å². The molecule has 0 atom stereocenters. The Morgan fingerprint density at radius 1 is 1.21 bits per heavy atom. The Labute approximate surface area is 134 Å². The predicted molar refractivity (Wildman–Crippen MR) is 72.4 cm³/mol. The first-order valence-corrected chi connectivity index (χ1v) is 6.47. The number of carbonyl (C=O) groups excluding carboxylic acids is 3. The molecule has 3 amide bonds. The first-order chi connectivity index (χ1) is 11.1. The number of rotatable bonds is 7. The summed E-state index contributed by atoms with van der Waals surface area (Å²) in [6, 6.07) is 0. The van der Waals surface area contributed by atoms with Crippen molar-refractivity contribution in [2.24, 2.45) is 5.73 Å². The first kappa shape index (κ1) is 21.5. The van der Waals surface area contributed by atoms with Crippen LogP contribution in [0.1, 0.15) is 0 Å². The SMILES string of the molecule is NCCOCCNC(=O)CN1C(=O)C=CC1=O.O=C(O)C(F)(F)F. The van der Waals surface area contributed by atoms with Gasteiger partial charge in [0.05, 0.1) is 13.2 Å². The van der Waals surface area contributed by atoms with Crippen LogP contribution in [0.25, 0.3) is 0 Å². The molecule has 0 saturated heterocycles. The predicted octanol–water partition coefficient (Wildman–Crippen LogP) is -1.36. The number of imide groups is 1. The Kier molecular flexibility index (Phi) is 9.27. The zero-order chi connectivity index (χ0) is 18.8. The maximum absolute atomic E-state index is 11.4. The van der Waals surface area contributed by atoms with E-state index in [0.29, 0.717) is 26.3 Å². The fourth-order valence-electron chi connectivity index (χ4n) is 1.23. The number of carboxylic acids is 1. The van der Waals surface area contributed by atoms with Gasteiger partial charge in [0.2, 0.25) is 5.91 Å². The molecular weight excluding hydrogens is 339 g/mol. The van der Waals surface area contributed by atoms with Crippen LogP contribution in [0, 0.1) is 0 Å². The number of amides is 3. The number of nitrogens with two attached hydrogens (primary N) is 1. The van der Waals surface area contributed by atoms with Crippen LogP contribution in [-0.2, 0) is 23.9 Å². The Morgan fingerprint density at radius 2 is 1.71 bits per heavy atom. The van der Waals surface area contributed by atoms with Gasteiger partial charge in [-0.2, -0.15) is 13.2 Å². The molecule has 9 nitrogen and oxygen atoms in total. The summed E-state index contributed by atoms with van der Waals surface area (Å²) < 4.78 is 36.8. The lowest BCUT2D eigenvalue weighted by Crippen LogP contribution is -2.41. The molecule has 0 spiro atoms. The Morgan fingerprint density at radius 3 is 2.12 bits per heavy atom. The highest BCUT2D eigenvalue weighted by Crippen LogP contribution is 2.13. The molecule has 1 heterocycles. The van der Waals surface area contributed by atoms with Crippen LogP contribution in [0.5, 0.6) is 0 Å². The van der Waals surface area contributed by atoms with Crippen LogP contribution in [0.4, 0.5) is 13.2 Å². The highest BCUT2D eigenvalue weighted by Gasteiger charge is 2.38. The molecule has 0 bridgehead atoms. The molecule has 136 valence electrons. The lowest BCUT2D eigenvalue weighted by molar-refractivity contribution is -0.192. The number of hydrogen-bond donors (Lipinski definition) is 3. The molecular formula is C12H16F3N3O6. The van der Waals surface area contributed by atoms with Gasteiger partial charge in [-0.1, -0.05) is 0 Å². The van der Waals surface area contributed by atoms with Gasteiger partial charge in [0.1, 0.15) is 6.54 Å². The minimum atomic E-state index is -5.08. The van der Waals surface area contributed by atoms with Gasteiger partial charge in [-0.15, -0.1) is 0 Å². The van der Waals surface area contributed by atoms with Gasteiger partial charge in [0.25, 0.3) is 11.8 Å². The maximum atomic E-state index is 11.4. The average molecular weight is 355 g/mol. The second-order valence-electron chi connectivity index (χ2n) is 4.15. The van der Waals surface area contributed by atoms with Crippen LogP contribution in [0.15, 0.2) is 12.2 Å². The second kappa shape index (κ2) is 10.3. The van der Waals surface area contributed by atoms with Gasteiger partial charge in [-0.25, -0.2) is 4.79 Å². The van der Waals surface area contributed by atoms with Crippen molar-refractivity contribution in [3.05, 3.63) is 12.2 Å². The Balaban J connectivity index is 0.000000640. The molecule has 1 aliphatic heterocycles. The number of nitrogens with one attached hydrogen (secondary N) is 1. The molecule has 0 aromatic rings. The number of carbonyl (C=O) groups is 4. The average Bonchev–Trinajstić information content (AvgIpc) is 2.78. The number of halogens is 3. The van der Waals surface area contributed by atoms with E-state index in [1.807, 2.05) is 0 Å². The smallest absolute Gasteiger partial charge is 0.475 e. The van der Waals surface area contributed by atoms with Gasteiger partial charge >= 0.3 is 12.1 Å². The summed E-state index contributed by atoms with van der Waals surface area (Å²) in [5.41, 5.74) is 5.21. The molecule has 0 fully saturated rings. The van der Waals surface area contributed by atoms with Gasteiger partial charge in [0, 0.05) is 25.2 Å². The van der Waals surface area contributed by atoms with Crippen LogP contribution in [-0.4, -0.2) is 72.7 Å².